The molecule has 7 heteroatoms. The van der Waals surface area contributed by atoms with E-state index in [9.17, 15) is 9.59 Å². The minimum Gasteiger partial charge on any atom is -0.464 e. The van der Waals surface area contributed by atoms with Gasteiger partial charge in [0.1, 0.15) is 11.5 Å². The van der Waals surface area contributed by atoms with Crippen molar-refractivity contribution in [1.29, 1.82) is 0 Å². The van der Waals surface area contributed by atoms with Gasteiger partial charge in [-0.1, -0.05) is 0 Å². The van der Waals surface area contributed by atoms with E-state index < -0.39 is 0 Å². The van der Waals surface area contributed by atoms with Crippen LogP contribution in [0.2, 0.25) is 0 Å². The molecule has 0 aliphatic carbocycles. The quantitative estimate of drug-likeness (QED) is 0.657. The number of likely N-dealkylation sites (tertiary alicyclic amines) is 1. The number of nitrogens with zero attached hydrogens (tertiary/aromatic N) is 1. The second-order valence-electron chi connectivity index (χ2n) is 6.44. The number of carbonyl (C=O) groups is 2. The van der Waals surface area contributed by atoms with E-state index in [4.69, 9.17) is 10.2 Å². The Hall–Kier alpha value is -2.02. The molecule has 2 rings (SSSR count). The zero-order valence-corrected chi connectivity index (χ0v) is 14.5. The number of rotatable bonds is 7. The number of furan rings is 1. The predicted octanol–water partition coefficient (Wildman–Crippen LogP) is 1.54. The molecule has 4 N–H and O–H groups in total. The van der Waals surface area contributed by atoms with E-state index in [1.807, 2.05) is 26.0 Å². The average Bonchev–Trinajstić information content (AvgIpc) is 2.98. The van der Waals surface area contributed by atoms with Gasteiger partial charge in [-0.3, -0.25) is 4.79 Å². The first-order valence-electron chi connectivity index (χ1n) is 8.58. The van der Waals surface area contributed by atoms with Crippen LogP contribution in [0, 0.1) is 12.8 Å². The Morgan fingerprint density at radius 1 is 1.38 bits per heavy atom. The first-order valence-corrected chi connectivity index (χ1v) is 8.58. The largest absolute Gasteiger partial charge is 0.464 e. The summed E-state index contributed by atoms with van der Waals surface area (Å²) in [5.74, 6) is 1.42. The summed E-state index contributed by atoms with van der Waals surface area (Å²) in [6.45, 7) is 7.09. The molecule has 7 nitrogen and oxygen atoms in total. The molecular formula is C17H28N4O3. The van der Waals surface area contributed by atoms with Gasteiger partial charge < -0.3 is 25.7 Å². The number of nitrogens with one attached hydrogen (secondary N) is 2. The SMILES string of the molecule is Cc1ccc([C@@H](C)NC(=O)NCCCN2CCC(C(N)=O)CC2)o1. The van der Waals surface area contributed by atoms with Gasteiger partial charge in [0.15, 0.2) is 0 Å². The number of primary amides is 1. The van der Waals surface area contributed by atoms with Gasteiger partial charge in [0.25, 0.3) is 0 Å². The van der Waals surface area contributed by atoms with Crippen LogP contribution in [0.4, 0.5) is 4.79 Å². The summed E-state index contributed by atoms with van der Waals surface area (Å²) in [7, 11) is 0. The molecule has 0 saturated carbocycles. The molecule has 3 amide bonds. The average molecular weight is 336 g/mol. The maximum absolute atomic E-state index is 11.9. The van der Waals surface area contributed by atoms with E-state index in [2.05, 4.69) is 15.5 Å². The van der Waals surface area contributed by atoms with Crippen molar-refractivity contribution in [2.75, 3.05) is 26.2 Å². The minimum atomic E-state index is -0.191. The molecular weight excluding hydrogens is 308 g/mol. The summed E-state index contributed by atoms with van der Waals surface area (Å²) in [6, 6.07) is 3.40. The van der Waals surface area contributed by atoms with Gasteiger partial charge in [-0.15, -0.1) is 0 Å². The molecule has 1 aliphatic rings. The smallest absolute Gasteiger partial charge is 0.315 e. The van der Waals surface area contributed by atoms with Crippen LogP contribution >= 0.6 is 0 Å². The highest BCUT2D eigenvalue weighted by molar-refractivity contribution is 5.76. The van der Waals surface area contributed by atoms with Crippen molar-refractivity contribution in [2.45, 2.75) is 39.2 Å². The summed E-state index contributed by atoms with van der Waals surface area (Å²) in [5, 5.41) is 5.72. The van der Waals surface area contributed by atoms with Crippen LogP contribution in [0.15, 0.2) is 16.5 Å². The Labute approximate surface area is 142 Å². The Morgan fingerprint density at radius 3 is 2.67 bits per heavy atom. The number of carbonyl (C=O) groups excluding carboxylic acids is 2. The fourth-order valence-corrected chi connectivity index (χ4v) is 2.95. The van der Waals surface area contributed by atoms with Gasteiger partial charge in [0.05, 0.1) is 6.04 Å². The van der Waals surface area contributed by atoms with Crippen LogP contribution in [0.3, 0.4) is 0 Å². The molecule has 0 radical (unpaired) electrons. The van der Waals surface area contributed by atoms with Crippen LogP contribution in [0.25, 0.3) is 0 Å². The summed E-state index contributed by atoms with van der Waals surface area (Å²) in [5.41, 5.74) is 5.33. The summed E-state index contributed by atoms with van der Waals surface area (Å²) in [6.07, 6.45) is 2.55. The van der Waals surface area contributed by atoms with Crippen molar-refractivity contribution in [3.63, 3.8) is 0 Å². The Kier molecular flexibility index (Phi) is 6.66. The van der Waals surface area contributed by atoms with Gasteiger partial charge in [-0.25, -0.2) is 4.79 Å². The standard InChI is InChI=1S/C17H28N4O3/c1-12-4-5-15(24-12)13(2)20-17(23)19-8-3-9-21-10-6-14(7-11-21)16(18)22/h4-5,13-14H,3,6-11H2,1-2H3,(H2,18,22)(H2,19,20,23)/t13-/m1/s1. The maximum Gasteiger partial charge on any atom is 0.315 e. The zero-order chi connectivity index (χ0) is 17.5. The molecule has 1 saturated heterocycles. The van der Waals surface area contributed by atoms with Gasteiger partial charge in [0.2, 0.25) is 5.91 Å². The fraction of sp³-hybridized carbons (Fsp3) is 0.647. The molecule has 24 heavy (non-hydrogen) atoms. The third-order valence-corrected chi connectivity index (χ3v) is 4.46. The molecule has 1 aliphatic heterocycles. The highest BCUT2D eigenvalue weighted by atomic mass is 16.3. The van der Waals surface area contributed by atoms with Crippen molar-refractivity contribution in [2.24, 2.45) is 11.7 Å². The van der Waals surface area contributed by atoms with Crippen molar-refractivity contribution in [1.82, 2.24) is 15.5 Å². The lowest BCUT2D eigenvalue weighted by molar-refractivity contribution is -0.123. The minimum absolute atomic E-state index is 0.0249. The Bertz CT molecular complexity index is 550. The molecule has 1 atom stereocenters. The van der Waals surface area contributed by atoms with E-state index in [1.165, 1.54) is 0 Å². The van der Waals surface area contributed by atoms with Gasteiger partial charge in [0, 0.05) is 12.5 Å². The lowest BCUT2D eigenvalue weighted by Crippen LogP contribution is -2.41. The van der Waals surface area contributed by atoms with E-state index in [0.717, 1.165) is 50.4 Å². The number of amides is 3. The Balaban J connectivity index is 1.57. The molecule has 1 aromatic rings. The summed E-state index contributed by atoms with van der Waals surface area (Å²) in [4.78, 5) is 25.3. The number of hydrogen-bond acceptors (Lipinski definition) is 4. The number of aryl methyl sites for hydroxylation is 1. The van der Waals surface area contributed by atoms with Gasteiger partial charge in [-0.2, -0.15) is 0 Å². The number of nitrogens with two attached hydrogens (primary N) is 1. The summed E-state index contributed by atoms with van der Waals surface area (Å²) >= 11 is 0. The predicted molar refractivity (Wildman–Crippen MR) is 91.4 cm³/mol. The van der Waals surface area contributed by atoms with Crippen LogP contribution < -0.4 is 16.4 Å². The molecule has 2 heterocycles. The van der Waals surface area contributed by atoms with Crippen LogP contribution in [0.5, 0.6) is 0 Å². The summed E-state index contributed by atoms with van der Waals surface area (Å²) < 4.78 is 5.49. The Morgan fingerprint density at radius 2 is 2.08 bits per heavy atom. The first kappa shape index (κ1) is 18.3. The lowest BCUT2D eigenvalue weighted by atomic mass is 9.96. The molecule has 0 unspecified atom stereocenters. The second-order valence-corrected chi connectivity index (χ2v) is 6.44. The maximum atomic E-state index is 11.9. The van der Waals surface area contributed by atoms with Crippen LogP contribution in [-0.4, -0.2) is 43.0 Å². The fourth-order valence-electron chi connectivity index (χ4n) is 2.95. The van der Waals surface area contributed by atoms with E-state index >= 15 is 0 Å². The van der Waals surface area contributed by atoms with Crippen molar-refractivity contribution < 1.29 is 14.0 Å². The molecule has 1 fully saturated rings. The number of urea groups is 1. The molecule has 0 aromatic carbocycles. The van der Waals surface area contributed by atoms with Gasteiger partial charge in [-0.05, 0) is 64.9 Å². The van der Waals surface area contributed by atoms with Crippen molar-refractivity contribution in [3.05, 3.63) is 23.7 Å². The number of piperidine rings is 1. The van der Waals surface area contributed by atoms with Crippen molar-refractivity contribution >= 4 is 11.9 Å². The third-order valence-electron chi connectivity index (χ3n) is 4.46. The van der Waals surface area contributed by atoms with Gasteiger partial charge >= 0.3 is 6.03 Å². The van der Waals surface area contributed by atoms with E-state index in [0.29, 0.717) is 6.54 Å². The number of hydrogen-bond donors (Lipinski definition) is 3. The topological polar surface area (TPSA) is 101 Å². The van der Waals surface area contributed by atoms with Crippen LogP contribution in [-0.2, 0) is 4.79 Å². The highest BCUT2D eigenvalue weighted by Crippen LogP contribution is 2.17. The molecule has 1 aromatic heterocycles. The second kappa shape index (κ2) is 8.73. The van der Waals surface area contributed by atoms with Crippen molar-refractivity contribution in [3.8, 4) is 0 Å². The molecule has 134 valence electrons. The molecule has 0 spiro atoms. The monoisotopic (exact) mass is 336 g/mol. The van der Waals surface area contributed by atoms with Crippen LogP contribution in [0.1, 0.15) is 43.7 Å². The van der Waals surface area contributed by atoms with E-state index in [1.54, 1.807) is 0 Å². The third kappa shape index (κ3) is 5.56. The van der Waals surface area contributed by atoms with E-state index in [-0.39, 0.29) is 23.9 Å². The normalized spacial score (nSPS) is 17.4. The zero-order valence-electron chi connectivity index (χ0n) is 14.5. The highest BCUT2D eigenvalue weighted by Gasteiger charge is 2.22. The molecule has 0 bridgehead atoms. The first-order chi connectivity index (χ1) is 11.5. The lowest BCUT2D eigenvalue weighted by Gasteiger charge is -2.30.